The summed E-state index contributed by atoms with van der Waals surface area (Å²) in [5.41, 5.74) is 2.46. The van der Waals surface area contributed by atoms with Crippen LogP contribution in [0.25, 0.3) is 0 Å². The van der Waals surface area contributed by atoms with Gasteiger partial charge in [-0.1, -0.05) is 15.9 Å². The van der Waals surface area contributed by atoms with Crippen molar-refractivity contribution in [2.75, 3.05) is 5.33 Å². The van der Waals surface area contributed by atoms with Crippen LogP contribution >= 0.6 is 15.9 Å². The molecule has 0 saturated carbocycles. The first-order chi connectivity index (χ1) is 5.74. The molecule has 1 aromatic rings. The van der Waals surface area contributed by atoms with Crippen LogP contribution in [-0.4, -0.2) is 15.1 Å². The second-order valence-corrected chi connectivity index (χ2v) is 3.84. The molecule has 0 saturated heterocycles. The Bertz CT molecular complexity index is 243. The molecule has 0 spiro atoms. The average Bonchev–Trinajstić information content (AvgIpc) is 2.31. The van der Waals surface area contributed by atoms with Crippen molar-refractivity contribution in [2.24, 2.45) is 7.05 Å². The van der Waals surface area contributed by atoms with Gasteiger partial charge in [-0.2, -0.15) is 5.10 Å². The van der Waals surface area contributed by atoms with Crippen molar-refractivity contribution in [3.8, 4) is 0 Å². The number of aromatic nitrogens is 2. The molecule has 0 amide bonds. The molecule has 1 aromatic heterocycles. The van der Waals surface area contributed by atoms with E-state index in [0.29, 0.717) is 0 Å². The van der Waals surface area contributed by atoms with Crippen LogP contribution in [0.3, 0.4) is 0 Å². The molecule has 0 aliphatic rings. The number of unbranched alkanes of at least 4 members (excludes halogenated alkanes) is 1. The Hall–Kier alpha value is -0.310. The average molecular weight is 231 g/mol. The molecule has 12 heavy (non-hydrogen) atoms. The quantitative estimate of drug-likeness (QED) is 0.574. The summed E-state index contributed by atoms with van der Waals surface area (Å²) in [5.74, 6) is 0. The Morgan fingerprint density at radius 2 is 2.25 bits per heavy atom. The Morgan fingerprint density at radius 3 is 2.75 bits per heavy atom. The van der Waals surface area contributed by atoms with E-state index in [4.69, 9.17) is 0 Å². The number of aryl methyl sites for hydroxylation is 3. The van der Waals surface area contributed by atoms with Crippen molar-refractivity contribution < 1.29 is 0 Å². The predicted molar refractivity (Wildman–Crippen MR) is 54.7 cm³/mol. The van der Waals surface area contributed by atoms with Crippen LogP contribution in [0.15, 0.2) is 6.07 Å². The Labute approximate surface area is 82.1 Å². The fraction of sp³-hybridized carbons (Fsp3) is 0.667. The van der Waals surface area contributed by atoms with E-state index in [9.17, 15) is 0 Å². The van der Waals surface area contributed by atoms with Gasteiger partial charge in [-0.05, 0) is 32.3 Å². The number of alkyl halides is 1. The monoisotopic (exact) mass is 230 g/mol. The number of hydrogen-bond donors (Lipinski definition) is 0. The lowest BCUT2D eigenvalue weighted by Crippen LogP contribution is -1.98. The van der Waals surface area contributed by atoms with E-state index in [-0.39, 0.29) is 0 Å². The molecule has 0 aliphatic carbocycles. The molecule has 0 radical (unpaired) electrons. The second kappa shape index (κ2) is 4.65. The summed E-state index contributed by atoms with van der Waals surface area (Å²) in [4.78, 5) is 0. The number of halogens is 1. The maximum Gasteiger partial charge on any atom is 0.0596 e. The summed E-state index contributed by atoms with van der Waals surface area (Å²) >= 11 is 3.42. The van der Waals surface area contributed by atoms with Crippen LogP contribution in [0.1, 0.15) is 24.2 Å². The zero-order valence-corrected chi connectivity index (χ0v) is 9.26. The summed E-state index contributed by atoms with van der Waals surface area (Å²) < 4.78 is 1.98. The minimum atomic E-state index is 1.10. The van der Waals surface area contributed by atoms with Gasteiger partial charge in [0.25, 0.3) is 0 Å². The first-order valence-electron chi connectivity index (χ1n) is 4.29. The van der Waals surface area contributed by atoms with Gasteiger partial charge in [-0.15, -0.1) is 0 Å². The van der Waals surface area contributed by atoms with Crippen LogP contribution in [0.2, 0.25) is 0 Å². The third-order valence-electron chi connectivity index (χ3n) is 1.92. The topological polar surface area (TPSA) is 17.8 Å². The van der Waals surface area contributed by atoms with Crippen LogP contribution in [0, 0.1) is 6.92 Å². The molecule has 2 nitrogen and oxygen atoms in total. The van der Waals surface area contributed by atoms with Gasteiger partial charge in [-0.3, -0.25) is 4.68 Å². The molecule has 0 bridgehead atoms. The number of nitrogens with zero attached hydrogens (tertiary/aromatic N) is 2. The van der Waals surface area contributed by atoms with Gasteiger partial charge >= 0.3 is 0 Å². The second-order valence-electron chi connectivity index (χ2n) is 3.05. The van der Waals surface area contributed by atoms with E-state index >= 15 is 0 Å². The first-order valence-corrected chi connectivity index (χ1v) is 5.41. The van der Waals surface area contributed by atoms with E-state index in [1.165, 1.54) is 18.5 Å². The minimum Gasteiger partial charge on any atom is -0.272 e. The van der Waals surface area contributed by atoms with Crippen molar-refractivity contribution in [1.82, 2.24) is 9.78 Å². The molecule has 1 heterocycles. The van der Waals surface area contributed by atoms with Gasteiger partial charge in [0, 0.05) is 18.1 Å². The highest BCUT2D eigenvalue weighted by molar-refractivity contribution is 9.09. The summed E-state index contributed by atoms with van der Waals surface area (Å²) in [6.07, 6.45) is 3.62. The first kappa shape index (κ1) is 9.78. The molecule has 0 N–H and O–H groups in total. The van der Waals surface area contributed by atoms with Crippen LogP contribution < -0.4 is 0 Å². The minimum absolute atomic E-state index is 1.10. The lowest BCUT2D eigenvalue weighted by molar-refractivity contribution is 0.675. The van der Waals surface area contributed by atoms with Crippen molar-refractivity contribution in [2.45, 2.75) is 26.2 Å². The normalized spacial score (nSPS) is 10.6. The standard InChI is InChI=1S/C9H15BrN2/c1-8-7-9(12(2)11-8)5-3-4-6-10/h7H,3-6H2,1-2H3. The third-order valence-corrected chi connectivity index (χ3v) is 2.48. The highest BCUT2D eigenvalue weighted by Gasteiger charge is 2.00. The number of hydrogen-bond acceptors (Lipinski definition) is 1. The van der Waals surface area contributed by atoms with Gasteiger partial charge in [-0.25, -0.2) is 0 Å². The predicted octanol–water partition coefficient (Wildman–Crippen LogP) is 2.45. The highest BCUT2D eigenvalue weighted by atomic mass is 79.9. The summed E-state index contributed by atoms with van der Waals surface area (Å²) in [6, 6.07) is 2.16. The molecule has 3 heteroatoms. The smallest absolute Gasteiger partial charge is 0.0596 e. The van der Waals surface area contributed by atoms with Crippen LogP contribution in [-0.2, 0) is 13.5 Å². The zero-order chi connectivity index (χ0) is 8.97. The van der Waals surface area contributed by atoms with E-state index in [2.05, 4.69) is 27.1 Å². The van der Waals surface area contributed by atoms with E-state index in [1.54, 1.807) is 0 Å². The molecule has 0 aromatic carbocycles. The molecule has 68 valence electrons. The summed E-state index contributed by atoms with van der Waals surface area (Å²) in [7, 11) is 2.01. The van der Waals surface area contributed by atoms with Gasteiger partial charge in [0.1, 0.15) is 0 Å². The van der Waals surface area contributed by atoms with Crippen molar-refractivity contribution >= 4 is 15.9 Å². The molecule has 0 fully saturated rings. The zero-order valence-electron chi connectivity index (χ0n) is 7.68. The van der Waals surface area contributed by atoms with Crippen molar-refractivity contribution in [1.29, 1.82) is 0 Å². The largest absolute Gasteiger partial charge is 0.272 e. The van der Waals surface area contributed by atoms with Crippen molar-refractivity contribution in [3.05, 3.63) is 17.5 Å². The van der Waals surface area contributed by atoms with Crippen LogP contribution in [0.5, 0.6) is 0 Å². The Kier molecular flexibility index (Phi) is 3.79. The molecule has 0 aliphatic heterocycles. The third kappa shape index (κ3) is 2.63. The van der Waals surface area contributed by atoms with Gasteiger partial charge in [0.05, 0.1) is 5.69 Å². The van der Waals surface area contributed by atoms with Gasteiger partial charge < -0.3 is 0 Å². The fourth-order valence-corrected chi connectivity index (χ4v) is 1.70. The van der Waals surface area contributed by atoms with Gasteiger partial charge in [0.15, 0.2) is 0 Å². The van der Waals surface area contributed by atoms with E-state index < -0.39 is 0 Å². The highest BCUT2D eigenvalue weighted by Crippen LogP contribution is 2.06. The fourth-order valence-electron chi connectivity index (χ4n) is 1.30. The van der Waals surface area contributed by atoms with Crippen molar-refractivity contribution in [3.63, 3.8) is 0 Å². The van der Waals surface area contributed by atoms with Gasteiger partial charge in [0.2, 0.25) is 0 Å². The molecule has 1 rings (SSSR count). The molecule has 0 unspecified atom stereocenters. The lowest BCUT2D eigenvalue weighted by Gasteiger charge is -1.99. The summed E-state index contributed by atoms with van der Waals surface area (Å²) in [6.45, 7) is 2.04. The molecular formula is C9H15BrN2. The maximum absolute atomic E-state index is 4.29. The number of rotatable bonds is 4. The van der Waals surface area contributed by atoms with E-state index in [1.807, 2.05) is 18.7 Å². The van der Waals surface area contributed by atoms with E-state index in [0.717, 1.165) is 17.4 Å². The lowest BCUT2D eigenvalue weighted by atomic mass is 10.2. The molecular weight excluding hydrogens is 216 g/mol. The Morgan fingerprint density at radius 1 is 1.50 bits per heavy atom. The summed E-state index contributed by atoms with van der Waals surface area (Å²) in [5, 5.41) is 5.40. The molecule has 0 atom stereocenters. The maximum atomic E-state index is 4.29. The van der Waals surface area contributed by atoms with Crippen LogP contribution in [0.4, 0.5) is 0 Å². The Balaban J connectivity index is 2.45. The SMILES string of the molecule is Cc1cc(CCCCBr)n(C)n1.